The summed E-state index contributed by atoms with van der Waals surface area (Å²) < 4.78 is 10.9. The van der Waals surface area contributed by atoms with Crippen LogP contribution in [0.1, 0.15) is 31.9 Å². The van der Waals surface area contributed by atoms with Gasteiger partial charge in [0.05, 0.1) is 0 Å². The van der Waals surface area contributed by atoms with Crippen LogP contribution in [0.4, 0.5) is 4.79 Å². The predicted molar refractivity (Wildman–Crippen MR) is 102 cm³/mol. The second kappa shape index (κ2) is 8.58. The Bertz CT molecular complexity index is 776. The summed E-state index contributed by atoms with van der Waals surface area (Å²) in [6.45, 7) is 7.15. The van der Waals surface area contributed by atoms with Gasteiger partial charge in [-0.1, -0.05) is 29.8 Å². The van der Waals surface area contributed by atoms with Crippen LogP contribution in [0.2, 0.25) is 0 Å². The largest absolute Gasteiger partial charge is 0.480 e. The molecule has 0 heterocycles. The van der Waals surface area contributed by atoms with Crippen molar-refractivity contribution in [3.8, 4) is 11.5 Å². The summed E-state index contributed by atoms with van der Waals surface area (Å²) in [7, 11) is 0. The number of carbonyl (C=O) groups excluding carboxylic acids is 1. The number of hydrogen-bond acceptors (Lipinski definition) is 4. The summed E-state index contributed by atoms with van der Waals surface area (Å²) in [6, 6.07) is 13.7. The van der Waals surface area contributed by atoms with Crippen molar-refractivity contribution in [3.05, 3.63) is 59.7 Å². The Hall–Kier alpha value is -3.02. The van der Waals surface area contributed by atoms with Gasteiger partial charge in [0.15, 0.2) is 0 Å². The van der Waals surface area contributed by atoms with Gasteiger partial charge in [-0.15, -0.1) is 0 Å². The van der Waals surface area contributed by atoms with E-state index in [1.807, 2.05) is 31.2 Å². The lowest BCUT2D eigenvalue weighted by atomic mass is 10.1. The van der Waals surface area contributed by atoms with Gasteiger partial charge in [-0.25, -0.2) is 9.59 Å². The molecule has 2 N–H and O–H groups in total. The van der Waals surface area contributed by atoms with Gasteiger partial charge in [-0.3, -0.25) is 0 Å². The minimum atomic E-state index is -1.12. The average molecular weight is 371 g/mol. The van der Waals surface area contributed by atoms with Gasteiger partial charge in [-0.2, -0.15) is 0 Å². The molecule has 0 unspecified atom stereocenters. The van der Waals surface area contributed by atoms with E-state index in [0.29, 0.717) is 5.75 Å². The zero-order valence-electron chi connectivity index (χ0n) is 16.0. The van der Waals surface area contributed by atoms with Crippen molar-refractivity contribution in [3.63, 3.8) is 0 Å². The van der Waals surface area contributed by atoms with E-state index in [0.717, 1.165) is 16.9 Å². The number of benzene rings is 2. The van der Waals surface area contributed by atoms with Crippen molar-refractivity contribution in [2.75, 3.05) is 0 Å². The van der Waals surface area contributed by atoms with Gasteiger partial charge in [0.25, 0.3) is 0 Å². The molecule has 0 bridgehead atoms. The van der Waals surface area contributed by atoms with Crippen LogP contribution in [0.25, 0.3) is 0 Å². The Labute approximate surface area is 159 Å². The third-order valence-electron chi connectivity index (χ3n) is 3.61. The van der Waals surface area contributed by atoms with Gasteiger partial charge in [0.2, 0.25) is 0 Å². The van der Waals surface area contributed by atoms with Crippen molar-refractivity contribution in [2.45, 2.75) is 45.8 Å². The molecule has 1 amide bonds. The number of ether oxygens (including phenoxy) is 2. The molecule has 0 spiro atoms. The number of hydrogen-bond donors (Lipinski definition) is 2. The van der Waals surface area contributed by atoms with Crippen LogP contribution >= 0.6 is 0 Å². The molecule has 6 nitrogen and oxygen atoms in total. The first kappa shape index (κ1) is 20.3. The molecule has 2 aromatic rings. The van der Waals surface area contributed by atoms with Crippen molar-refractivity contribution in [2.24, 2.45) is 0 Å². The third-order valence-corrected chi connectivity index (χ3v) is 3.61. The van der Waals surface area contributed by atoms with Crippen molar-refractivity contribution < 1.29 is 24.2 Å². The molecule has 6 heteroatoms. The van der Waals surface area contributed by atoms with E-state index in [9.17, 15) is 14.7 Å². The highest BCUT2D eigenvalue weighted by Gasteiger charge is 2.24. The van der Waals surface area contributed by atoms with E-state index in [-0.39, 0.29) is 6.42 Å². The normalized spacial score (nSPS) is 12.1. The van der Waals surface area contributed by atoms with E-state index < -0.39 is 23.7 Å². The minimum Gasteiger partial charge on any atom is -0.480 e. The van der Waals surface area contributed by atoms with Crippen molar-refractivity contribution in [1.29, 1.82) is 0 Å². The molecule has 0 saturated carbocycles. The number of amides is 1. The molecule has 0 aliphatic rings. The first-order chi connectivity index (χ1) is 12.6. The van der Waals surface area contributed by atoms with Gasteiger partial charge < -0.3 is 19.9 Å². The number of carboxylic acid groups (broad SMARTS) is 1. The number of nitrogens with one attached hydrogen (secondary N) is 1. The first-order valence-corrected chi connectivity index (χ1v) is 8.68. The Balaban J connectivity index is 1.98. The van der Waals surface area contributed by atoms with Crippen LogP contribution < -0.4 is 10.1 Å². The van der Waals surface area contributed by atoms with Gasteiger partial charge in [0, 0.05) is 6.42 Å². The summed E-state index contributed by atoms with van der Waals surface area (Å²) in [6.07, 6.45) is -0.617. The molecule has 0 aliphatic heterocycles. The number of rotatable bonds is 6. The summed E-state index contributed by atoms with van der Waals surface area (Å²) >= 11 is 0. The second-order valence-corrected chi connectivity index (χ2v) is 7.30. The quantitative estimate of drug-likeness (QED) is 0.790. The highest BCUT2D eigenvalue weighted by atomic mass is 16.6. The van der Waals surface area contributed by atoms with E-state index >= 15 is 0 Å². The predicted octanol–water partition coefficient (Wildman–Crippen LogP) is 4.31. The molecule has 2 rings (SSSR count). The summed E-state index contributed by atoms with van der Waals surface area (Å²) in [5.41, 5.74) is 1.21. The van der Waals surface area contributed by atoms with Gasteiger partial charge >= 0.3 is 12.1 Å². The standard InChI is InChI=1S/C21H25NO5/c1-14-5-9-16(10-6-14)26-17-11-7-15(8-12-17)13-18(19(23)24)22-20(25)27-21(2,3)4/h5-12,18H,13H2,1-4H3,(H,22,25)(H,23,24)/t18-/m1/s1. The minimum absolute atomic E-state index is 0.138. The zero-order chi connectivity index (χ0) is 20.0. The van der Waals surface area contributed by atoms with Crippen LogP contribution in [0.3, 0.4) is 0 Å². The Kier molecular flexibility index (Phi) is 6.45. The van der Waals surface area contributed by atoms with Crippen LogP contribution in [0.15, 0.2) is 48.5 Å². The van der Waals surface area contributed by atoms with Gasteiger partial charge in [-0.05, 0) is 57.5 Å². The lowest BCUT2D eigenvalue weighted by Gasteiger charge is -2.22. The molecule has 144 valence electrons. The molecule has 0 radical (unpaired) electrons. The number of carboxylic acids is 1. The maximum absolute atomic E-state index is 11.8. The highest BCUT2D eigenvalue weighted by Crippen LogP contribution is 2.22. The summed E-state index contributed by atoms with van der Waals surface area (Å²) in [5, 5.41) is 11.7. The van der Waals surface area contributed by atoms with E-state index in [4.69, 9.17) is 9.47 Å². The average Bonchev–Trinajstić information content (AvgIpc) is 2.56. The molecular formula is C21H25NO5. The number of aryl methyl sites for hydroxylation is 1. The molecule has 0 fully saturated rings. The van der Waals surface area contributed by atoms with E-state index in [1.54, 1.807) is 45.0 Å². The topological polar surface area (TPSA) is 84.9 Å². The molecule has 0 aromatic heterocycles. The molecule has 27 heavy (non-hydrogen) atoms. The third kappa shape index (κ3) is 7.01. The van der Waals surface area contributed by atoms with E-state index in [1.165, 1.54) is 0 Å². The van der Waals surface area contributed by atoms with Crippen LogP contribution in [0.5, 0.6) is 11.5 Å². The lowest BCUT2D eigenvalue weighted by molar-refractivity contribution is -0.139. The summed E-state index contributed by atoms with van der Waals surface area (Å²) in [4.78, 5) is 23.3. The highest BCUT2D eigenvalue weighted by molar-refractivity contribution is 5.80. The van der Waals surface area contributed by atoms with Crippen molar-refractivity contribution >= 4 is 12.1 Å². The molecule has 0 aliphatic carbocycles. The zero-order valence-corrected chi connectivity index (χ0v) is 16.0. The van der Waals surface area contributed by atoms with Crippen molar-refractivity contribution in [1.82, 2.24) is 5.32 Å². The number of aliphatic carboxylic acids is 1. The number of alkyl carbamates (subject to hydrolysis) is 1. The Morgan fingerprint density at radius 3 is 2.00 bits per heavy atom. The SMILES string of the molecule is Cc1ccc(Oc2ccc(C[C@@H](NC(=O)OC(C)(C)C)C(=O)O)cc2)cc1. The fourth-order valence-corrected chi connectivity index (χ4v) is 2.32. The lowest BCUT2D eigenvalue weighted by Crippen LogP contribution is -2.44. The molecular weight excluding hydrogens is 346 g/mol. The van der Waals surface area contributed by atoms with Crippen LogP contribution in [-0.4, -0.2) is 28.8 Å². The van der Waals surface area contributed by atoms with Crippen LogP contribution in [0, 0.1) is 6.92 Å². The fraction of sp³-hybridized carbons (Fsp3) is 0.333. The smallest absolute Gasteiger partial charge is 0.408 e. The van der Waals surface area contributed by atoms with Gasteiger partial charge in [0.1, 0.15) is 23.1 Å². The monoisotopic (exact) mass is 371 g/mol. The molecule has 1 atom stereocenters. The molecule has 2 aromatic carbocycles. The summed E-state index contributed by atoms with van der Waals surface area (Å²) in [5.74, 6) is 0.249. The first-order valence-electron chi connectivity index (χ1n) is 8.68. The van der Waals surface area contributed by atoms with Crippen LogP contribution in [-0.2, 0) is 16.0 Å². The maximum Gasteiger partial charge on any atom is 0.408 e. The molecule has 0 saturated heterocycles. The van der Waals surface area contributed by atoms with E-state index in [2.05, 4.69) is 5.32 Å². The number of carbonyl (C=O) groups is 2. The second-order valence-electron chi connectivity index (χ2n) is 7.30. The Morgan fingerprint density at radius 2 is 1.52 bits per heavy atom. The maximum atomic E-state index is 11.8. The fourth-order valence-electron chi connectivity index (χ4n) is 2.32. The Morgan fingerprint density at radius 1 is 1.00 bits per heavy atom.